The minimum atomic E-state index is -0.260. The van der Waals surface area contributed by atoms with Crippen molar-refractivity contribution in [2.45, 2.75) is 44.7 Å². The Balaban J connectivity index is 1.62. The average Bonchev–Trinajstić information content (AvgIpc) is 2.63. The van der Waals surface area contributed by atoms with Gasteiger partial charge in [-0.1, -0.05) is 29.8 Å². The first-order valence-electron chi connectivity index (χ1n) is 9.12. The van der Waals surface area contributed by atoms with Crippen LogP contribution in [0.25, 0.3) is 0 Å². The fraction of sp³-hybridized carbons (Fsp3) is 0.579. The number of benzene rings is 1. The van der Waals surface area contributed by atoms with E-state index >= 15 is 0 Å². The van der Waals surface area contributed by atoms with Gasteiger partial charge in [-0.3, -0.25) is 4.79 Å². The van der Waals surface area contributed by atoms with Crippen LogP contribution in [-0.4, -0.2) is 52.8 Å². The van der Waals surface area contributed by atoms with E-state index in [1.807, 2.05) is 36.1 Å². The number of rotatable bonds is 4. The molecule has 2 fully saturated rings. The van der Waals surface area contributed by atoms with Crippen LogP contribution in [0.1, 0.15) is 31.7 Å². The molecule has 0 spiro atoms. The van der Waals surface area contributed by atoms with Crippen LogP contribution in [0.15, 0.2) is 24.3 Å². The first-order chi connectivity index (χ1) is 12.4. The van der Waals surface area contributed by atoms with Gasteiger partial charge in [0.25, 0.3) is 0 Å². The van der Waals surface area contributed by atoms with E-state index < -0.39 is 0 Å². The SMILES string of the molecule is C[C@@H]1C[C@@H](C(=O)N2CCC(CO)(Cc3ccccc3Cl)CC2)NC(=S)N1. The summed E-state index contributed by atoms with van der Waals surface area (Å²) in [6.07, 6.45) is 3.00. The van der Waals surface area contributed by atoms with E-state index in [2.05, 4.69) is 10.6 Å². The second-order valence-corrected chi connectivity index (χ2v) is 8.37. The van der Waals surface area contributed by atoms with Crippen molar-refractivity contribution >= 4 is 34.8 Å². The molecule has 2 aliphatic rings. The molecule has 0 saturated carbocycles. The Morgan fingerprint density at radius 3 is 2.65 bits per heavy atom. The third kappa shape index (κ3) is 4.30. The third-order valence-electron chi connectivity index (χ3n) is 5.56. The smallest absolute Gasteiger partial charge is 0.245 e. The van der Waals surface area contributed by atoms with Crippen LogP contribution in [0.2, 0.25) is 5.02 Å². The number of carbonyl (C=O) groups excluding carboxylic acids is 1. The van der Waals surface area contributed by atoms with Gasteiger partial charge in [-0.25, -0.2) is 0 Å². The Hall–Kier alpha value is -1.37. The number of halogens is 1. The molecule has 2 saturated heterocycles. The van der Waals surface area contributed by atoms with Gasteiger partial charge in [0.15, 0.2) is 5.11 Å². The van der Waals surface area contributed by atoms with Gasteiger partial charge < -0.3 is 20.6 Å². The van der Waals surface area contributed by atoms with Crippen LogP contribution in [0, 0.1) is 5.41 Å². The van der Waals surface area contributed by atoms with Crippen LogP contribution in [0.4, 0.5) is 0 Å². The zero-order valence-electron chi connectivity index (χ0n) is 15.0. The highest BCUT2D eigenvalue weighted by molar-refractivity contribution is 7.80. The molecule has 0 bridgehead atoms. The van der Waals surface area contributed by atoms with Crippen LogP contribution in [-0.2, 0) is 11.2 Å². The molecule has 2 atom stereocenters. The zero-order valence-corrected chi connectivity index (χ0v) is 16.6. The monoisotopic (exact) mass is 395 g/mol. The standard InChI is InChI=1S/C19H26ClN3O2S/c1-13-10-16(22-18(26)21-13)17(25)23-8-6-19(12-24,7-9-23)11-14-4-2-3-5-15(14)20/h2-5,13,16,24H,6-12H2,1H3,(H2,21,22,26)/t13-,16+/m1/s1. The van der Waals surface area contributed by atoms with E-state index in [1.54, 1.807) is 0 Å². The van der Waals surface area contributed by atoms with Gasteiger partial charge in [-0.15, -0.1) is 0 Å². The van der Waals surface area contributed by atoms with Crippen LogP contribution in [0.3, 0.4) is 0 Å². The third-order valence-corrected chi connectivity index (χ3v) is 6.17. The van der Waals surface area contributed by atoms with E-state index in [0.717, 1.165) is 36.3 Å². The van der Waals surface area contributed by atoms with Crippen molar-refractivity contribution in [3.63, 3.8) is 0 Å². The Morgan fingerprint density at radius 2 is 2.04 bits per heavy atom. The highest BCUT2D eigenvalue weighted by atomic mass is 35.5. The summed E-state index contributed by atoms with van der Waals surface area (Å²) in [7, 11) is 0. The summed E-state index contributed by atoms with van der Waals surface area (Å²) in [4.78, 5) is 14.8. The maximum Gasteiger partial charge on any atom is 0.245 e. The molecular formula is C19H26ClN3O2S. The lowest BCUT2D eigenvalue weighted by atomic mass is 9.74. The molecule has 3 N–H and O–H groups in total. The summed E-state index contributed by atoms with van der Waals surface area (Å²) in [6, 6.07) is 7.71. The summed E-state index contributed by atoms with van der Waals surface area (Å²) in [5.74, 6) is 0.102. The quantitative estimate of drug-likeness (QED) is 0.681. The van der Waals surface area contributed by atoms with Gasteiger partial charge in [0.05, 0.1) is 0 Å². The number of piperidine rings is 1. The maximum atomic E-state index is 12.8. The molecule has 1 amide bonds. The van der Waals surface area contributed by atoms with E-state index in [1.165, 1.54) is 0 Å². The summed E-state index contributed by atoms with van der Waals surface area (Å²) in [6.45, 7) is 3.43. The van der Waals surface area contributed by atoms with Crippen LogP contribution in [0.5, 0.6) is 0 Å². The molecular weight excluding hydrogens is 370 g/mol. The molecule has 1 aromatic rings. The number of amides is 1. The Kier molecular flexibility index (Phi) is 6.05. The van der Waals surface area contributed by atoms with E-state index in [0.29, 0.717) is 18.2 Å². The lowest BCUT2D eigenvalue weighted by molar-refractivity contribution is -0.136. The molecule has 0 radical (unpaired) electrons. The summed E-state index contributed by atoms with van der Waals surface area (Å²) < 4.78 is 0. The van der Waals surface area contributed by atoms with Crippen molar-refractivity contribution in [1.82, 2.24) is 15.5 Å². The molecule has 5 nitrogen and oxygen atoms in total. The molecule has 1 aromatic carbocycles. The first-order valence-corrected chi connectivity index (χ1v) is 9.91. The largest absolute Gasteiger partial charge is 0.396 e. The fourth-order valence-corrected chi connectivity index (χ4v) is 4.46. The summed E-state index contributed by atoms with van der Waals surface area (Å²) in [5, 5.41) is 17.5. The van der Waals surface area contributed by atoms with Gasteiger partial charge in [0.2, 0.25) is 5.91 Å². The fourth-order valence-electron chi connectivity index (χ4n) is 3.92. The van der Waals surface area contributed by atoms with Gasteiger partial charge in [-0.2, -0.15) is 0 Å². The van der Waals surface area contributed by atoms with Gasteiger partial charge in [-0.05, 0) is 56.5 Å². The van der Waals surface area contributed by atoms with Crippen molar-refractivity contribution in [2.24, 2.45) is 5.41 Å². The molecule has 3 rings (SSSR count). The molecule has 26 heavy (non-hydrogen) atoms. The molecule has 0 aromatic heterocycles. The average molecular weight is 396 g/mol. The highest BCUT2D eigenvalue weighted by Gasteiger charge is 2.38. The molecule has 2 heterocycles. The lowest BCUT2D eigenvalue weighted by Crippen LogP contribution is -2.60. The predicted molar refractivity (Wildman–Crippen MR) is 107 cm³/mol. The van der Waals surface area contributed by atoms with Crippen molar-refractivity contribution in [2.75, 3.05) is 19.7 Å². The van der Waals surface area contributed by atoms with E-state index in [9.17, 15) is 9.90 Å². The number of aliphatic hydroxyl groups excluding tert-OH is 1. The predicted octanol–water partition coefficient (Wildman–Crippen LogP) is 2.11. The number of thiocarbonyl (C=S) groups is 1. The topological polar surface area (TPSA) is 64.6 Å². The Bertz CT molecular complexity index is 677. The van der Waals surface area contributed by atoms with Crippen molar-refractivity contribution in [1.29, 1.82) is 0 Å². The van der Waals surface area contributed by atoms with Crippen molar-refractivity contribution < 1.29 is 9.90 Å². The number of nitrogens with one attached hydrogen (secondary N) is 2. The van der Waals surface area contributed by atoms with Crippen LogP contribution >= 0.6 is 23.8 Å². The second-order valence-electron chi connectivity index (χ2n) is 7.56. The van der Waals surface area contributed by atoms with E-state index in [-0.39, 0.29) is 30.0 Å². The molecule has 142 valence electrons. The van der Waals surface area contributed by atoms with Crippen LogP contribution < -0.4 is 10.6 Å². The second kappa shape index (κ2) is 8.11. The Morgan fingerprint density at radius 1 is 1.35 bits per heavy atom. The molecule has 0 unspecified atom stereocenters. The van der Waals surface area contributed by atoms with Gasteiger partial charge >= 0.3 is 0 Å². The highest BCUT2D eigenvalue weighted by Crippen LogP contribution is 2.36. The first kappa shape index (κ1) is 19.4. The zero-order chi connectivity index (χ0) is 18.7. The van der Waals surface area contributed by atoms with Crippen molar-refractivity contribution in [3.05, 3.63) is 34.9 Å². The van der Waals surface area contributed by atoms with Gasteiger partial charge in [0, 0.05) is 36.2 Å². The minimum absolute atomic E-state index is 0.102. The summed E-state index contributed by atoms with van der Waals surface area (Å²) in [5.41, 5.74) is 0.841. The number of likely N-dealkylation sites (tertiary alicyclic amines) is 1. The van der Waals surface area contributed by atoms with Gasteiger partial charge in [0.1, 0.15) is 6.04 Å². The number of carbonyl (C=O) groups is 1. The maximum absolute atomic E-state index is 12.8. The lowest BCUT2D eigenvalue weighted by Gasteiger charge is -2.43. The van der Waals surface area contributed by atoms with Crippen molar-refractivity contribution in [3.8, 4) is 0 Å². The Labute approximate surface area is 165 Å². The number of aliphatic hydroxyl groups is 1. The summed E-state index contributed by atoms with van der Waals surface area (Å²) >= 11 is 11.5. The normalized spacial score (nSPS) is 25.3. The molecule has 2 aliphatic heterocycles. The number of hydrogen-bond acceptors (Lipinski definition) is 3. The number of nitrogens with zero attached hydrogens (tertiary/aromatic N) is 1. The van der Waals surface area contributed by atoms with E-state index in [4.69, 9.17) is 23.8 Å². The minimum Gasteiger partial charge on any atom is -0.396 e. The molecule has 0 aliphatic carbocycles. The number of hydrogen-bond donors (Lipinski definition) is 3. The molecule has 7 heteroatoms.